The van der Waals surface area contributed by atoms with Gasteiger partial charge in [0, 0.05) is 30.4 Å². The van der Waals surface area contributed by atoms with Crippen LogP contribution >= 0.6 is 0 Å². The Morgan fingerprint density at radius 3 is 2.39 bits per heavy atom. The van der Waals surface area contributed by atoms with Gasteiger partial charge in [0.25, 0.3) is 0 Å². The second-order valence-corrected chi connectivity index (χ2v) is 5.68. The largest absolute Gasteiger partial charge is 0.491 e. The maximum absolute atomic E-state index is 13.6. The van der Waals surface area contributed by atoms with Gasteiger partial charge in [0.15, 0.2) is 0 Å². The minimum Gasteiger partial charge on any atom is -0.491 e. The molecule has 5 heteroatoms. The minimum atomic E-state index is -1.14. The van der Waals surface area contributed by atoms with Gasteiger partial charge in [-0.15, -0.1) is 0 Å². The zero-order valence-corrected chi connectivity index (χ0v) is 12.7. The average molecular weight is 319 g/mol. The fraction of sp³-hybridized carbons (Fsp3) is 0.333. The zero-order chi connectivity index (χ0) is 16.2. The summed E-state index contributed by atoms with van der Waals surface area (Å²) in [6.45, 7) is 2.05. The number of anilines is 1. The number of rotatable bonds is 5. The monoisotopic (exact) mass is 319 g/mol. The first-order valence-electron chi connectivity index (χ1n) is 7.74. The van der Waals surface area contributed by atoms with E-state index in [2.05, 4.69) is 4.90 Å². The van der Waals surface area contributed by atoms with Crippen molar-refractivity contribution in [2.45, 2.75) is 18.9 Å². The molecule has 1 N–H and O–H groups in total. The zero-order valence-electron chi connectivity index (χ0n) is 12.7. The summed E-state index contributed by atoms with van der Waals surface area (Å²) in [4.78, 5) is 2.31. The SMILES string of the molecule is OC(COc1ccc(N2CCCC2)cc1)c1ccc(F)cc1F. The van der Waals surface area contributed by atoms with Gasteiger partial charge < -0.3 is 14.7 Å². The number of benzene rings is 2. The third-order valence-corrected chi connectivity index (χ3v) is 4.04. The molecule has 2 aromatic carbocycles. The highest BCUT2D eigenvalue weighted by atomic mass is 19.1. The predicted octanol–water partition coefficient (Wildman–Crippen LogP) is 3.68. The van der Waals surface area contributed by atoms with E-state index < -0.39 is 17.7 Å². The standard InChI is InChI=1S/C18H19F2NO2/c19-13-3-8-16(17(20)11-13)18(22)12-23-15-6-4-14(5-7-15)21-9-1-2-10-21/h3-8,11,18,22H,1-2,9-10,12H2. The molecule has 1 aliphatic rings. The molecule has 122 valence electrons. The molecule has 1 unspecified atom stereocenters. The third-order valence-electron chi connectivity index (χ3n) is 4.04. The number of halogens is 2. The summed E-state index contributed by atoms with van der Waals surface area (Å²) in [7, 11) is 0. The molecular formula is C18H19F2NO2. The quantitative estimate of drug-likeness (QED) is 0.912. The highest BCUT2D eigenvalue weighted by molar-refractivity contribution is 5.49. The molecule has 1 saturated heterocycles. The first-order chi connectivity index (χ1) is 11.1. The molecule has 0 bridgehead atoms. The van der Waals surface area contributed by atoms with Gasteiger partial charge in [-0.3, -0.25) is 0 Å². The van der Waals surface area contributed by atoms with Crippen LogP contribution in [0.5, 0.6) is 5.75 Å². The van der Waals surface area contributed by atoms with Crippen molar-refractivity contribution < 1.29 is 18.6 Å². The highest BCUT2D eigenvalue weighted by Crippen LogP contribution is 2.24. The summed E-state index contributed by atoms with van der Waals surface area (Å²) < 4.78 is 32.0. The lowest BCUT2D eigenvalue weighted by molar-refractivity contribution is 0.105. The lowest BCUT2D eigenvalue weighted by Crippen LogP contribution is -2.17. The van der Waals surface area contributed by atoms with Gasteiger partial charge in [-0.25, -0.2) is 8.78 Å². The van der Waals surface area contributed by atoms with Gasteiger partial charge in [0.05, 0.1) is 0 Å². The molecule has 3 nitrogen and oxygen atoms in total. The number of aliphatic hydroxyl groups excluding tert-OH is 1. The van der Waals surface area contributed by atoms with Gasteiger partial charge in [-0.1, -0.05) is 6.07 Å². The molecule has 2 aromatic rings. The average Bonchev–Trinajstić information content (AvgIpc) is 3.07. The highest BCUT2D eigenvalue weighted by Gasteiger charge is 2.15. The number of ether oxygens (including phenoxy) is 1. The van der Waals surface area contributed by atoms with E-state index in [9.17, 15) is 13.9 Å². The van der Waals surface area contributed by atoms with Crippen LogP contribution in [0.1, 0.15) is 24.5 Å². The molecule has 1 fully saturated rings. The fourth-order valence-corrected chi connectivity index (χ4v) is 2.77. The molecule has 0 aliphatic carbocycles. The van der Waals surface area contributed by atoms with Crippen molar-refractivity contribution in [1.29, 1.82) is 0 Å². The van der Waals surface area contributed by atoms with Crippen LogP contribution in [0.4, 0.5) is 14.5 Å². The molecule has 23 heavy (non-hydrogen) atoms. The predicted molar refractivity (Wildman–Crippen MR) is 84.7 cm³/mol. The normalized spacial score (nSPS) is 15.7. The molecule has 0 aromatic heterocycles. The van der Waals surface area contributed by atoms with Crippen LogP contribution in [-0.2, 0) is 0 Å². The molecule has 0 spiro atoms. The van der Waals surface area contributed by atoms with Crippen LogP contribution in [0.3, 0.4) is 0 Å². The van der Waals surface area contributed by atoms with E-state index in [4.69, 9.17) is 4.74 Å². The molecule has 1 aliphatic heterocycles. The van der Waals surface area contributed by atoms with Crippen molar-refractivity contribution in [3.63, 3.8) is 0 Å². The lowest BCUT2D eigenvalue weighted by atomic mass is 10.1. The summed E-state index contributed by atoms with van der Waals surface area (Å²) in [6.07, 6.45) is 1.29. The first kappa shape index (κ1) is 15.7. The number of nitrogens with zero attached hydrogens (tertiary/aromatic N) is 1. The molecule has 1 atom stereocenters. The second-order valence-electron chi connectivity index (χ2n) is 5.68. The van der Waals surface area contributed by atoms with E-state index in [0.29, 0.717) is 5.75 Å². The van der Waals surface area contributed by atoms with Crippen LogP contribution in [0, 0.1) is 11.6 Å². The fourth-order valence-electron chi connectivity index (χ4n) is 2.77. The molecule has 0 amide bonds. The van der Waals surface area contributed by atoms with Gasteiger partial charge >= 0.3 is 0 Å². The van der Waals surface area contributed by atoms with E-state index in [1.807, 2.05) is 24.3 Å². The molecular weight excluding hydrogens is 300 g/mol. The van der Waals surface area contributed by atoms with E-state index in [0.717, 1.165) is 30.9 Å². The van der Waals surface area contributed by atoms with Crippen molar-refractivity contribution in [1.82, 2.24) is 0 Å². The van der Waals surface area contributed by atoms with Gasteiger partial charge in [0.1, 0.15) is 30.1 Å². The van der Waals surface area contributed by atoms with Crippen LogP contribution in [0.25, 0.3) is 0 Å². The Hall–Kier alpha value is -2.14. The number of hydrogen-bond donors (Lipinski definition) is 1. The van der Waals surface area contributed by atoms with Gasteiger partial charge in [-0.05, 0) is 43.2 Å². The van der Waals surface area contributed by atoms with E-state index in [1.54, 1.807) is 0 Å². The second kappa shape index (κ2) is 6.96. The number of hydrogen-bond acceptors (Lipinski definition) is 3. The lowest BCUT2D eigenvalue weighted by Gasteiger charge is -2.18. The summed E-state index contributed by atoms with van der Waals surface area (Å²) in [6, 6.07) is 10.7. The van der Waals surface area contributed by atoms with Crippen LogP contribution in [0.2, 0.25) is 0 Å². The van der Waals surface area contributed by atoms with Gasteiger partial charge in [-0.2, -0.15) is 0 Å². The molecule has 0 radical (unpaired) electrons. The van der Waals surface area contributed by atoms with Crippen LogP contribution in [-0.4, -0.2) is 24.8 Å². The van der Waals surface area contributed by atoms with Crippen molar-refractivity contribution in [2.75, 3.05) is 24.6 Å². The molecule has 1 heterocycles. The van der Waals surface area contributed by atoms with Crippen molar-refractivity contribution >= 4 is 5.69 Å². The Labute approximate surface area is 134 Å². The smallest absolute Gasteiger partial charge is 0.132 e. The maximum atomic E-state index is 13.6. The minimum absolute atomic E-state index is 0.0279. The third kappa shape index (κ3) is 3.79. The number of aliphatic hydroxyl groups is 1. The van der Waals surface area contributed by atoms with Crippen LogP contribution < -0.4 is 9.64 Å². The Balaban J connectivity index is 1.59. The Morgan fingerprint density at radius 2 is 1.74 bits per heavy atom. The van der Waals surface area contributed by atoms with Crippen LogP contribution in [0.15, 0.2) is 42.5 Å². The summed E-state index contributed by atoms with van der Waals surface area (Å²) >= 11 is 0. The summed E-state index contributed by atoms with van der Waals surface area (Å²) in [5.74, 6) is -0.836. The maximum Gasteiger partial charge on any atom is 0.132 e. The van der Waals surface area contributed by atoms with E-state index >= 15 is 0 Å². The van der Waals surface area contributed by atoms with E-state index in [1.165, 1.54) is 18.9 Å². The Bertz CT molecular complexity index is 655. The van der Waals surface area contributed by atoms with Gasteiger partial charge in [0.2, 0.25) is 0 Å². The first-order valence-corrected chi connectivity index (χ1v) is 7.74. The Kier molecular flexibility index (Phi) is 4.76. The molecule has 0 saturated carbocycles. The summed E-state index contributed by atoms with van der Waals surface area (Å²) in [5, 5.41) is 9.99. The Morgan fingerprint density at radius 1 is 1.04 bits per heavy atom. The van der Waals surface area contributed by atoms with E-state index in [-0.39, 0.29) is 12.2 Å². The molecule has 3 rings (SSSR count). The topological polar surface area (TPSA) is 32.7 Å². The van der Waals surface area contributed by atoms with Crippen molar-refractivity contribution in [3.8, 4) is 5.75 Å². The van der Waals surface area contributed by atoms with Crippen molar-refractivity contribution in [3.05, 3.63) is 59.7 Å². The summed E-state index contributed by atoms with van der Waals surface area (Å²) in [5.41, 5.74) is 1.18. The van der Waals surface area contributed by atoms with Crippen molar-refractivity contribution in [2.24, 2.45) is 0 Å².